The summed E-state index contributed by atoms with van der Waals surface area (Å²) in [6.07, 6.45) is 9.55. The molecule has 0 saturated carbocycles. The number of nitrogens with one attached hydrogen (secondary N) is 2. The first kappa shape index (κ1) is 28.1. The normalized spacial score (nSPS) is 10.8. The van der Waals surface area contributed by atoms with E-state index in [1.54, 1.807) is 35.6 Å². The third-order valence-electron chi connectivity index (χ3n) is 6.14. The number of hydrogen-bond donors (Lipinski definition) is 3. The Morgan fingerprint density at radius 1 is 1.03 bits per heavy atom. The summed E-state index contributed by atoms with van der Waals surface area (Å²) < 4.78 is 13.8. The first-order valence-electron chi connectivity index (χ1n) is 13.2. The molecule has 0 saturated heterocycles. The van der Waals surface area contributed by atoms with Gasteiger partial charge in [0, 0.05) is 30.1 Å². The Bertz CT molecular complexity index is 1290. The highest BCUT2D eigenvalue weighted by Crippen LogP contribution is 2.30. The van der Waals surface area contributed by atoms with Crippen molar-refractivity contribution >= 4 is 17.2 Å². The van der Waals surface area contributed by atoms with Gasteiger partial charge in [0.2, 0.25) is 0 Å². The highest BCUT2D eigenvalue weighted by atomic mass is 32.1. The van der Waals surface area contributed by atoms with Crippen LogP contribution >= 0.6 is 11.3 Å². The van der Waals surface area contributed by atoms with Crippen LogP contribution < -0.4 is 20.0 Å². The van der Waals surface area contributed by atoms with E-state index in [4.69, 9.17) is 25.1 Å². The molecule has 0 aliphatic carbocycles. The van der Waals surface area contributed by atoms with E-state index >= 15 is 0 Å². The summed E-state index contributed by atoms with van der Waals surface area (Å²) >= 11 is 1.74. The van der Waals surface area contributed by atoms with Crippen LogP contribution in [0.5, 0.6) is 11.5 Å². The second-order valence-corrected chi connectivity index (χ2v) is 10.4. The Hall–Kier alpha value is -3.89. The average Bonchev–Trinajstić information content (AvgIpc) is 3.62. The number of hydrogen-bond acceptors (Lipinski definition) is 8. The summed E-state index contributed by atoms with van der Waals surface area (Å²) in [5, 5.41) is 19.7. The number of benzene rings is 2. The van der Waals surface area contributed by atoms with E-state index in [2.05, 4.69) is 36.0 Å². The fourth-order valence-electron chi connectivity index (χ4n) is 4.17. The van der Waals surface area contributed by atoms with Crippen LogP contribution in [0.15, 0.2) is 67.3 Å². The number of ether oxygens (including phenoxy) is 2. The van der Waals surface area contributed by atoms with Gasteiger partial charge in [-0.3, -0.25) is 20.8 Å². The number of rotatable bonds is 15. The summed E-state index contributed by atoms with van der Waals surface area (Å²) in [4.78, 5) is 10.3. The van der Waals surface area contributed by atoms with Crippen LogP contribution in [0.4, 0.5) is 0 Å². The van der Waals surface area contributed by atoms with E-state index in [-0.39, 0.29) is 5.84 Å². The molecule has 0 aliphatic heterocycles. The zero-order valence-corrected chi connectivity index (χ0v) is 23.3. The molecule has 0 radical (unpaired) electrons. The molecule has 2 aromatic carbocycles. The molecule has 0 amide bonds. The average molecular weight is 549 g/mol. The molecule has 4 aromatic rings. The molecular weight excluding hydrogens is 512 g/mol. The molecule has 0 atom stereocenters. The van der Waals surface area contributed by atoms with Crippen molar-refractivity contribution in [3.63, 3.8) is 0 Å². The molecule has 3 N–H and O–H groups in total. The number of aryl methyl sites for hydroxylation is 1. The highest BCUT2D eigenvalue weighted by Gasteiger charge is 2.15. The van der Waals surface area contributed by atoms with Crippen LogP contribution in [0.2, 0.25) is 0 Å². The van der Waals surface area contributed by atoms with Gasteiger partial charge < -0.3 is 14.5 Å². The van der Waals surface area contributed by atoms with Gasteiger partial charge in [0.05, 0.1) is 35.3 Å². The molecular formula is C29H36N6O3S. The first-order chi connectivity index (χ1) is 19.1. The topological polar surface area (TPSA) is 109 Å². The Morgan fingerprint density at radius 3 is 2.28 bits per heavy atom. The van der Waals surface area contributed by atoms with E-state index in [1.165, 1.54) is 4.88 Å². The Kier molecular flexibility index (Phi) is 10.3. The van der Waals surface area contributed by atoms with E-state index in [0.717, 1.165) is 66.5 Å². The molecule has 0 spiro atoms. The van der Waals surface area contributed by atoms with Gasteiger partial charge in [-0.25, -0.2) is 9.97 Å². The lowest BCUT2D eigenvalue weighted by molar-refractivity contribution is 0.234. The SMILES string of the molecule is CCCN(Cc1sc(C)nc1-c1ccc(OCCCCCOc2ccc(C(=N)NO)cc2)cc1)n1ccnc1. The number of hydroxylamine groups is 1. The van der Waals surface area contributed by atoms with E-state index in [9.17, 15) is 0 Å². The van der Waals surface area contributed by atoms with Gasteiger partial charge in [0.1, 0.15) is 23.7 Å². The summed E-state index contributed by atoms with van der Waals surface area (Å²) in [6, 6.07) is 15.3. The fraction of sp³-hybridized carbons (Fsp3) is 0.345. The van der Waals surface area contributed by atoms with Crippen molar-refractivity contribution in [3.05, 3.63) is 82.7 Å². The van der Waals surface area contributed by atoms with Crippen LogP contribution in [0.1, 0.15) is 48.1 Å². The molecule has 0 unspecified atom stereocenters. The Labute approximate surface area is 233 Å². The zero-order valence-electron chi connectivity index (χ0n) is 22.5. The molecule has 10 heteroatoms. The van der Waals surface area contributed by atoms with Crippen LogP contribution in [0.3, 0.4) is 0 Å². The number of aromatic nitrogens is 3. The van der Waals surface area contributed by atoms with Gasteiger partial charge in [-0.05, 0) is 81.1 Å². The van der Waals surface area contributed by atoms with E-state index in [0.29, 0.717) is 18.8 Å². The standard InChI is InChI=1S/C29H36N6O3S/c1-3-16-34(35-17-15-31-21-35)20-27-28(32-22(2)39-27)23-7-11-25(12-8-23)37-18-5-4-6-19-38-26-13-9-24(10-14-26)29(30)33-36/h7-15,17,21,36H,3-6,16,18-20H2,1-2H3,(H2,30,33). The lowest BCUT2D eigenvalue weighted by Gasteiger charge is -2.24. The van der Waals surface area contributed by atoms with Crippen molar-refractivity contribution in [1.29, 1.82) is 5.41 Å². The van der Waals surface area contributed by atoms with Crippen molar-refractivity contribution < 1.29 is 14.7 Å². The van der Waals surface area contributed by atoms with Gasteiger partial charge in [-0.1, -0.05) is 6.92 Å². The van der Waals surface area contributed by atoms with Crippen LogP contribution in [-0.4, -0.2) is 45.4 Å². The number of nitrogens with zero attached hydrogens (tertiary/aromatic N) is 4. The third kappa shape index (κ3) is 8.05. The van der Waals surface area contributed by atoms with Gasteiger partial charge >= 0.3 is 0 Å². The van der Waals surface area contributed by atoms with Gasteiger partial charge in [-0.2, -0.15) is 0 Å². The Balaban J connectivity index is 1.21. The molecule has 0 fully saturated rings. The lowest BCUT2D eigenvalue weighted by atomic mass is 10.1. The minimum absolute atomic E-state index is 0.0421. The maximum absolute atomic E-state index is 8.79. The lowest BCUT2D eigenvalue weighted by Crippen LogP contribution is -2.33. The first-order valence-corrected chi connectivity index (χ1v) is 14.0. The van der Waals surface area contributed by atoms with E-state index < -0.39 is 0 Å². The minimum atomic E-state index is -0.0421. The summed E-state index contributed by atoms with van der Waals surface area (Å²) in [5.41, 5.74) is 4.56. The maximum atomic E-state index is 8.79. The zero-order chi connectivity index (χ0) is 27.5. The third-order valence-corrected chi connectivity index (χ3v) is 7.09. The number of imidazole rings is 1. The highest BCUT2D eigenvalue weighted by molar-refractivity contribution is 7.12. The van der Waals surface area contributed by atoms with Gasteiger partial charge in [0.25, 0.3) is 0 Å². The molecule has 0 bridgehead atoms. The molecule has 206 valence electrons. The second-order valence-electron chi connectivity index (χ2n) is 9.13. The van der Waals surface area contributed by atoms with Crippen LogP contribution in [-0.2, 0) is 6.54 Å². The van der Waals surface area contributed by atoms with Gasteiger partial charge in [0.15, 0.2) is 0 Å². The Morgan fingerprint density at radius 2 is 1.69 bits per heavy atom. The molecule has 9 nitrogen and oxygen atoms in total. The largest absolute Gasteiger partial charge is 0.494 e. The summed E-state index contributed by atoms with van der Waals surface area (Å²) in [6.45, 7) is 7.24. The van der Waals surface area contributed by atoms with Crippen molar-refractivity contribution in [2.24, 2.45) is 0 Å². The van der Waals surface area contributed by atoms with Crippen LogP contribution in [0.25, 0.3) is 11.3 Å². The molecule has 2 heterocycles. The fourth-order valence-corrected chi connectivity index (χ4v) is 5.14. The maximum Gasteiger partial charge on any atom is 0.149 e. The van der Waals surface area contributed by atoms with Crippen molar-refractivity contribution in [1.82, 2.24) is 20.1 Å². The van der Waals surface area contributed by atoms with Gasteiger partial charge in [-0.15, -0.1) is 11.3 Å². The van der Waals surface area contributed by atoms with E-state index in [1.807, 2.05) is 41.0 Å². The number of thiazole rings is 1. The summed E-state index contributed by atoms with van der Waals surface area (Å²) in [5.74, 6) is 1.57. The molecule has 4 rings (SSSR count). The van der Waals surface area contributed by atoms with Crippen molar-refractivity contribution in [2.45, 2.75) is 46.1 Å². The van der Waals surface area contributed by atoms with Crippen molar-refractivity contribution in [2.75, 3.05) is 24.8 Å². The van der Waals surface area contributed by atoms with Crippen LogP contribution in [0, 0.1) is 12.3 Å². The smallest absolute Gasteiger partial charge is 0.149 e. The molecule has 2 aromatic heterocycles. The summed E-state index contributed by atoms with van der Waals surface area (Å²) in [7, 11) is 0. The second kappa shape index (κ2) is 14.3. The van der Waals surface area contributed by atoms with Crippen molar-refractivity contribution in [3.8, 4) is 22.8 Å². The molecule has 0 aliphatic rings. The predicted octanol–water partition coefficient (Wildman–Crippen LogP) is 5.80. The minimum Gasteiger partial charge on any atom is -0.494 e. The monoisotopic (exact) mass is 548 g/mol. The number of amidine groups is 1. The quantitative estimate of drug-likeness (QED) is 0.0746. The number of unbranched alkanes of at least 4 members (excludes halogenated alkanes) is 2. The molecule has 39 heavy (non-hydrogen) atoms. The predicted molar refractivity (Wildman–Crippen MR) is 155 cm³/mol.